The molecule has 0 saturated carbocycles. The van der Waals surface area contributed by atoms with Crippen molar-refractivity contribution in [2.45, 2.75) is 25.4 Å². The minimum atomic E-state index is -4.37. The molecule has 8 heteroatoms. The van der Waals surface area contributed by atoms with Crippen LogP contribution in [0.25, 0.3) is 6.08 Å². The number of benzene rings is 1. The summed E-state index contributed by atoms with van der Waals surface area (Å²) in [6.45, 7) is 4.41. The third-order valence-electron chi connectivity index (χ3n) is 5.41. The van der Waals surface area contributed by atoms with Gasteiger partial charge in [-0.15, -0.1) is 0 Å². The van der Waals surface area contributed by atoms with E-state index in [4.69, 9.17) is 0 Å². The van der Waals surface area contributed by atoms with Gasteiger partial charge in [0.25, 0.3) is 0 Å². The van der Waals surface area contributed by atoms with E-state index >= 15 is 0 Å². The molecule has 2 saturated heterocycles. The monoisotopic (exact) mass is 409 g/mol. The molecule has 0 unspecified atom stereocenters. The molecular weight excluding hydrogens is 383 g/mol. The highest BCUT2D eigenvalue weighted by molar-refractivity contribution is 5.91. The molecule has 5 nitrogen and oxygen atoms in total. The van der Waals surface area contributed by atoms with Gasteiger partial charge in [0.2, 0.25) is 11.8 Å². The van der Waals surface area contributed by atoms with Gasteiger partial charge in [-0.2, -0.15) is 13.2 Å². The van der Waals surface area contributed by atoms with E-state index < -0.39 is 11.7 Å². The number of alkyl halides is 3. The molecule has 0 atom stereocenters. The number of amides is 2. The Bertz CT molecular complexity index is 733. The fourth-order valence-electron chi connectivity index (χ4n) is 3.62. The fraction of sp³-hybridized carbons (Fsp3) is 0.524. The first kappa shape index (κ1) is 21.4. The zero-order valence-electron chi connectivity index (χ0n) is 16.3. The van der Waals surface area contributed by atoms with Crippen molar-refractivity contribution in [2.24, 2.45) is 0 Å². The zero-order valence-corrected chi connectivity index (χ0v) is 16.3. The smallest absolute Gasteiger partial charge is 0.342 e. The molecule has 2 aliphatic rings. The van der Waals surface area contributed by atoms with Gasteiger partial charge in [0.1, 0.15) is 0 Å². The van der Waals surface area contributed by atoms with Crippen molar-refractivity contribution in [1.82, 2.24) is 14.7 Å². The normalized spacial score (nSPS) is 19.0. The Morgan fingerprint density at radius 2 is 1.48 bits per heavy atom. The van der Waals surface area contributed by atoms with E-state index in [-0.39, 0.29) is 11.8 Å². The minimum Gasteiger partial charge on any atom is -0.342 e. The summed E-state index contributed by atoms with van der Waals surface area (Å²) >= 11 is 0. The quantitative estimate of drug-likeness (QED) is 0.719. The molecule has 0 spiro atoms. The van der Waals surface area contributed by atoms with E-state index in [0.717, 1.165) is 38.1 Å². The summed E-state index contributed by atoms with van der Waals surface area (Å²) in [6, 6.07) is 4.69. The van der Waals surface area contributed by atoms with Gasteiger partial charge in [-0.1, -0.05) is 12.1 Å². The Hall–Kier alpha value is -2.35. The first-order valence-corrected chi connectivity index (χ1v) is 9.97. The van der Waals surface area contributed by atoms with Crippen molar-refractivity contribution < 1.29 is 22.8 Å². The van der Waals surface area contributed by atoms with Gasteiger partial charge in [-0.3, -0.25) is 14.5 Å². The zero-order chi connectivity index (χ0) is 20.9. The Morgan fingerprint density at radius 1 is 0.862 bits per heavy atom. The number of rotatable bonds is 4. The lowest BCUT2D eigenvalue weighted by atomic mass is 10.1. The maximum Gasteiger partial charge on any atom is 0.416 e. The van der Waals surface area contributed by atoms with E-state index in [1.165, 1.54) is 30.7 Å². The van der Waals surface area contributed by atoms with Crippen LogP contribution in [0.15, 0.2) is 30.3 Å². The van der Waals surface area contributed by atoms with E-state index in [9.17, 15) is 22.8 Å². The maximum absolute atomic E-state index is 12.6. The van der Waals surface area contributed by atoms with Gasteiger partial charge in [-0.25, -0.2) is 0 Å². The number of carbonyl (C=O) groups excluding carboxylic acids is 2. The highest BCUT2D eigenvalue weighted by atomic mass is 19.4. The van der Waals surface area contributed by atoms with Crippen LogP contribution >= 0.6 is 0 Å². The Balaban J connectivity index is 1.44. The minimum absolute atomic E-state index is 0.159. The van der Waals surface area contributed by atoms with E-state index in [0.29, 0.717) is 38.3 Å². The Labute approximate surface area is 168 Å². The first-order chi connectivity index (χ1) is 13.8. The number of halogens is 3. The van der Waals surface area contributed by atoms with Crippen LogP contribution < -0.4 is 0 Å². The third-order valence-corrected chi connectivity index (χ3v) is 5.41. The summed E-state index contributed by atoms with van der Waals surface area (Å²) < 4.78 is 37.8. The molecule has 1 aromatic carbocycles. The number of piperidine rings is 1. The summed E-state index contributed by atoms with van der Waals surface area (Å²) in [4.78, 5) is 30.4. The lowest BCUT2D eigenvalue weighted by Gasteiger charge is -2.35. The van der Waals surface area contributed by atoms with E-state index in [1.54, 1.807) is 4.90 Å². The SMILES string of the molecule is O=C(/C=C/c1ccc(C(F)(F)F)cc1)N1CCN(CC(=O)N2CCCCC2)CC1. The molecule has 2 amide bonds. The van der Waals surface area contributed by atoms with Crippen molar-refractivity contribution in [3.63, 3.8) is 0 Å². The largest absolute Gasteiger partial charge is 0.416 e. The Kier molecular flexibility index (Phi) is 6.95. The van der Waals surface area contributed by atoms with Crippen molar-refractivity contribution in [3.05, 3.63) is 41.5 Å². The van der Waals surface area contributed by atoms with Crippen LogP contribution in [0.2, 0.25) is 0 Å². The maximum atomic E-state index is 12.6. The van der Waals surface area contributed by atoms with Crippen molar-refractivity contribution in [1.29, 1.82) is 0 Å². The topological polar surface area (TPSA) is 43.9 Å². The molecule has 0 aromatic heterocycles. The van der Waals surface area contributed by atoms with Crippen LogP contribution in [0.5, 0.6) is 0 Å². The van der Waals surface area contributed by atoms with E-state index in [1.807, 2.05) is 4.90 Å². The summed E-state index contributed by atoms with van der Waals surface area (Å²) in [5.41, 5.74) is -0.173. The second-order valence-corrected chi connectivity index (χ2v) is 7.50. The number of hydrogen-bond acceptors (Lipinski definition) is 3. The first-order valence-electron chi connectivity index (χ1n) is 9.97. The average molecular weight is 409 g/mol. The lowest BCUT2D eigenvalue weighted by Crippen LogP contribution is -2.51. The summed E-state index contributed by atoms with van der Waals surface area (Å²) in [7, 11) is 0. The van der Waals surface area contributed by atoms with Crippen LogP contribution in [0.4, 0.5) is 13.2 Å². The summed E-state index contributed by atoms with van der Waals surface area (Å²) in [5, 5.41) is 0. The van der Waals surface area contributed by atoms with Gasteiger partial charge < -0.3 is 9.80 Å². The molecule has 3 rings (SSSR count). The molecule has 1 aromatic rings. The predicted octanol–water partition coefficient (Wildman–Crippen LogP) is 2.88. The molecule has 2 aliphatic heterocycles. The third kappa shape index (κ3) is 6.06. The van der Waals surface area contributed by atoms with Crippen LogP contribution in [0, 0.1) is 0 Å². The van der Waals surface area contributed by atoms with Gasteiger partial charge in [0.05, 0.1) is 12.1 Å². The molecule has 0 bridgehead atoms. The summed E-state index contributed by atoms with van der Waals surface area (Å²) in [6.07, 6.45) is 1.86. The van der Waals surface area contributed by atoms with Crippen LogP contribution in [-0.2, 0) is 15.8 Å². The standard InChI is InChI=1S/C21H26F3N3O2/c22-21(23,24)18-7-4-17(5-8-18)6-9-19(28)27-14-12-25(13-15-27)16-20(29)26-10-2-1-3-11-26/h4-9H,1-3,10-16H2/b9-6+. The number of hydrogen-bond donors (Lipinski definition) is 0. The average Bonchev–Trinajstić information content (AvgIpc) is 2.73. The Morgan fingerprint density at radius 3 is 2.07 bits per heavy atom. The molecule has 0 aliphatic carbocycles. The second-order valence-electron chi connectivity index (χ2n) is 7.50. The molecule has 2 heterocycles. The molecule has 0 radical (unpaired) electrons. The van der Waals surface area contributed by atoms with Crippen molar-refractivity contribution >= 4 is 17.9 Å². The summed E-state index contributed by atoms with van der Waals surface area (Å²) in [5.74, 6) is -0.0152. The van der Waals surface area contributed by atoms with Gasteiger partial charge in [0.15, 0.2) is 0 Å². The molecule has 29 heavy (non-hydrogen) atoms. The number of likely N-dealkylation sites (tertiary alicyclic amines) is 1. The fourth-order valence-corrected chi connectivity index (χ4v) is 3.62. The molecule has 0 N–H and O–H groups in total. The van der Waals surface area contributed by atoms with Crippen LogP contribution in [0.1, 0.15) is 30.4 Å². The highest BCUT2D eigenvalue weighted by Gasteiger charge is 2.30. The van der Waals surface area contributed by atoms with Gasteiger partial charge >= 0.3 is 6.18 Å². The number of nitrogens with zero attached hydrogens (tertiary/aromatic N) is 3. The second kappa shape index (κ2) is 9.43. The number of piperazine rings is 1. The van der Waals surface area contributed by atoms with Crippen molar-refractivity contribution in [2.75, 3.05) is 45.8 Å². The molecule has 2 fully saturated rings. The molecular formula is C21H26F3N3O2. The van der Waals surface area contributed by atoms with Gasteiger partial charge in [0, 0.05) is 45.3 Å². The van der Waals surface area contributed by atoms with Crippen molar-refractivity contribution in [3.8, 4) is 0 Å². The van der Waals surface area contributed by atoms with Gasteiger partial charge in [-0.05, 0) is 43.0 Å². The number of carbonyl (C=O) groups is 2. The predicted molar refractivity (Wildman–Crippen MR) is 104 cm³/mol. The van der Waals surface area contributed by atoms with E-state index in [2.05, 4.69) is 4.90 Å². The molecule has 158 valence electrons. The van der Waals surface area contributed by atoms with Crippen LogP contribution in [0.3, 0.4) is 0 Å². The van der Waals surface area contributed by atoms with Crippen LogP contribution in [-0.4, -0.2) is 72.3 Å². The lowest BCUT2D eigenvalue weighted by molar-refractivity contribution is -0.137. The highest BCUT2D eigenvalue weighted by Crippen LogP contribution is 2.29.